The van der Waals surface area contributed by atoms with Crippen LogP contribution in [-0.2, 0) is 17.5 Å². The molecule has 2 N–H and O–H groups in total. The van der Waals surface area contributed by atoms with Crippen LogP contribution in [0.3, 0.4) is 0 Å². The molecule has 0 bridgehead atoms. The summed E-state index contributed by atoms with van der Waals surface area (Å²) in [6.45, 7) is 7.38. The van der Waals surface area contributed by atoms with E-state index in [4.69, 9.17) is 0 Å². The molecule has 31 heavy (non-hydrogen) atoms. The molecule has 9 heteroatoms. The van der Waals surface area contributed by atoms with Crippen molar-refractivity contribution >= 4 is 11.9 Å². The molecule has 3 rings (SSSR count). The van der Waals surface area contributed by atoms with Crippen LogP contribution in [0.15, 0.2) is 29.3 Å². The number of nitrogens with zero attached hydrogens (tertiary/aromatic N) is 3. The van der Waals surface area contributed by atoms with Crippen molar-refractivity contribution < 1.29 is 18.0 Å². The number of hydrogen-bond donors (Lipinski definition) is 2. The number of rotatable bonds is 8. The Bertz CT molecular complexity index is 751. The predicted molar refractivity (Wildman–Crippen MR) is 115 cm³/mol. The van der Waals surface area contributed by atoms with Gasteiger partial charge in [-0.1, -0.05) is 12.1 Å². The van der Waals surface area contributed by atoms with Crippen LogP contribution in [-0.4, -0.2) is 67.0 Å². The van der Waals surface area contributed by atoms with Gasteiger partial charge in [0.2, 0.25) is 5.91 Å². The highest BCUT2D eigenvalue weighted by molar-refractivity contribution is 5.80. The number of amides is 1. The summed E-state index contributed by atoms with van der Waals surface area (Å²) in [5.41, 5.74) is 0.267. The van der Waals surface area contributed by atoms with Crippen molar-refractivity contribution in [3.63, 3.8) is 0 Å². The van der Waals surface area contributed by atoms with E-state index in [-0.39, 0.29) is 11.9 Å². The Labute approximate surface area is 181 Å². The Morgan fingerprint density at radius 1 is 1.23 bits per heavy atom. The molecule has 2 aliphatic heterocycles. The summed E-state index contributed by atoms with van der Waals surface area (Å²) in [6, 6.07) is 5.65. The lowest BCUT2D eigenvalue weighted by Crippen LogP contribution is -2.44. The maximum Gasteiger partial charge on any atom is 0.416 e. The molecule has 0 saturated carbocycles. The molecule has 172 valence electrons. The maximum absolute atomic E-state index is 12.7. The van der Waals surface area contributed by atoms with E-state index in [0.717, 1.165) is 75.6 Å². The van der Waals surface area contributed by atoms with Crippen LogP contribution in [0.25, 0.3) is 0 Å². The first-order valence-corrected chi connectivity index (χ1v) is 11.1. The van der Waals surface area contributed by atoms with Gasteiger partial charge in [0, 0.05) is 58.3 Å². The number of carbonyl (C=O) groups is 1. The average Bonchev–Trinajstić information content (AvgIpc) is 3.33. The fourth-order valence-electron chi connectivity index (χ4n) is 4.06. The highest BCUT2D eigenvalue weighted by atomic mass is 19.4. The average molecular weight is 440 g/mol. The van der Waals surface area contributed by atoms with Crippen LogP contribution in [0.2, 0.25) is 0 Å². The zero-order valence-corrected chi connectivity index (χ0v) is 18.0. The molecule has 0 radical (unpaired) electrons. The molecule has 6 nitrogen and oxygen atoms in total. The van der Waals surface area contributed by atoms with E-state index in [0.29, 0.717) is 19.5 Å². The van der Waals surface area contributed by atoms with Gasteiger partial charge in [-0.2, -0.15) is 13.2 Å². The Morgan fingerprint density at radius 3 is 2.65 bits per heavy atom. The molecule has 1 unspecified atom stereocenters. The summed E-state index contributed by atoms with van der Waals surface area (Å²) in [5.74, 6) is 1.02. The lowest BCUT2D eigenvalue weighted by atomic mass is 10.1. The van der Waals surface area contributed by atoms with Gasteiger partial charge in [0.25, 0.3) is 0 Å². The number of aliphatic imine (C=N–C) groups is 1. The van der Waals surface area contributed by atoms with Crippen LogP contribution < -0.4 is 10.6 Å². The number of alkyl halides is 3. The molecular weight excluding hydrogens is 407 g/mol. The zero-order valence-electron chi connectivity index (χ0n) is 18.0. The molecule has 1 atom stereocenters. The van der Waals surface area contributed by atoms with Gasteiger partial charge in [-0.15, -0.1) is 0 Å². The molecule has 1 aromatic rings. The van der Waals surface area contributed by atoms with E-state index in [9.17, 15) is 18.0 Å². The molecular formula is C22H32F3N5O. The highest BCUT2D eigenvalue weighted by Gasteiger charge is 2.30. The molecule has 2 saturated heterocycles. The lowest BCUT2D eigenvalue weighted by molar-refractivity contribution is -0.137. The van der Waals surface area contributed by atoms with E-state index in [1.165, 1.54) is 0 Å². The smallest absolute Gasteiger partial charge is 0.357 e. The number of likely N-dealkylation sites (tertiary alicyclic amines) is 2. The first-order valence-electron chi connectivity index (χ1n) is 11.1. The standard InChI is InChI=1S/C22H32F3N5O/c1-2-26-21(27-11-4-13-30-12-3-5-20(30)31)28-19-10-14-29(16-19)15-17-6-8-18(9-7-17)22(23,24)25/h6-9,19H,2-5,10-16H2,1H3,(H2,26,27,28). The third-order valence-electron chi connectivity index (χ3n) is 5.67. The number of guanidine groups is 1. The molecule has 0 spiro atoms. The van der Waals surface area contributed by atoms with E-state index in [2.05, 4.69) is 20.5 Å². The van der Waals surface area contributed by atoms with Gasteiger partial charge in [0.15, 0.2) is 5.96 Å². The minimum Gasteiger partial charge on any atom is -0.357 e. The van der Waals surface area contributed by atoms with E-state index in [1.807, 2.05) is 11.8 Å². The summed E-state index contributed by atoms with van der Waals surface area (Å²) in [5, 5.41) is 6.73. The van der Waals surface area contributed by atoms with Crippen molar-refractivity contribution in [3.8, 4) is 0 Å². The topological polar surface area (TPSA) is 60.0 Å². The molecule has 2 heterocycles. The number of benzene rings is 1. The largest absolute Gasteiger partial charge is 0.416 e. The van der Waals surface area contributed by atoms with Crippen LogP contribution in [0.4, 0.5) is 13.2 Å². The van der Waals surface area contributed by atoms with Gasteiger partial charge in [-0.25, -0.2) is 0 Å². The fourth-order valence-corrected chi connectivity index (χ4v) is 4.06. The number of halogens is 3. The molecule has 1 aromatic carbocycles. The predicted octanol–water partition coefficient (Wildman–Crippen LogP) is 2.85. The summed E-state index contributed by atoms with van der Waals surface area (Å²) in [4.78, 5) is 20.5. The van der Waals surface area contributed by atoms with Gasteiger partial charge >= 0.3 is 6.18 Å². The van der Waals surface area contributed by atoms with Crippen LogP contribution in [0.5, 0.6) is 0 Å². The maximum atomic E-state index is 12.7. The lowest BCUT2D eigenvalue weighted by Gasteiger charge is -2.19. The van der Waals surface area contributed by atoms with Crippen LogP contribution in [0.1, 0.15) is 43.7 Å². The second kappa shape index (κ2) is 10.8. The Morgan fingerprint density at radius 2 is 2.00 bits per heavy atom. The minimum atomic E-state index is -4.30. The summed E-state index contributed by atoms with van der Waals surface area (Å²) < 4.78 is 38.1. The fraction of sp³-hybridized carbons (Fsp3) is 0.636. The van der Waals surface area contributed by atoms with E-state index >= 15 is 0 Å². The first kappa shape index (κ1) is 23.4. The van der Waals surface area contributed by atoms with Gasteiger partial charge in [0.1, 0.15) is 0 Å². The quantitative estimate of drug-likeness (QED) is 0.372. The summed E-state index contributed by atoms with van der Waals surface area (Å²) in [6.07, 6.45) is -0.886. The van der Waals surface area contributed by atoms with Gasteiger partial charge < -0.3 is 15.5 Å². The van der Waals surface area contributed by atoms with Crippen molar-refractivity contribution in [3.05, 3.63) is 35.4 Å². The zero-order chi connectivity index (χ0) is 22.3. The number of hydrogen-bond acceptors (Lipinski definition) is 3. The molecule has 2 aliphatic rings. The third-order valence-corrected chi connectivity index (χ3v) is 5.67. The first-order chi connectivity index (χ1) is 14.8. The monoisotopic (exact) mass is 439 g/mol. The van der Waals surface area contributed by atoms with Crippen molar-refractivity contribution in [2.24, 2.45) is 4.99 Å². The number of nitrogens with one attached hydrogen (secondary N) is 2. The molecule has 1 amide bonds. The van der Waals surface area contributed by atoms with Crippen LogP contribution in [0, 0.1) is 0 Å². The van der Waals surface area contributed by atoms with Crippen molar-refractivity contribution in [1.82, 2.24) is 20.4 Å². The summed E-state index contributed by atoms with van der Waals surface area (Å²) in [7, 11) is 0. The molecule has 2 fully saturated rings. The highest BCUT2D eigenvalue weighted by Crippen LogP contribution is 2.29. The van der Waals surface area contributed by atoms with E-state index < -0.39 is 11.7 Å². The Balaban J connectivity index is 1.43. The summed E-state index contributed by atoms with van der Waals surface area (Å²) >= 11 is 0. The van der Waals surface area contributed by atoms with Gasteiger partial charge in [-0.3, -0.25) is 14.7 Å². The molecule has 0 aliphatic carbocycles. The van der Waals surface area contributed by atoms with Crippen molar-refractivity contribution in [1.29, 1.82) is 0 Å². The second-order valence-corrected chi connectivity index (χ2v) is 8.16. The van der Waals surface area contributed by atoms with E-state index in [1.54, 1.807) is 12.1 Å². The second-order valence-electron chi connectivity index (χ2n) is 8.16. The Hall–Kier alpha value is -2.29. The Kier molecular flexibility index (Phi) is 8.17. The SMILES string of the molecule is CCNC(=NCCCN1CCCC1=O)NC1CCN(Cc2ccc(C(F)(F)F)cc2)C1. The van der Waals surface area contributed by atoms with Gasteiger partial charge in [0.05, 0.1) is 5.56 Å². The van der Waals surface area contributed by atoms with Crippen molar-refractivity contribution in [2.45, 2.75) is 51.4 Å². The van der Waals surface area contributed by atoms with Crippen molar-refractivity contribution in [2.75, 3.05) is 39.3 Å². The van der Waals surface area contributed by atoms with Crippen LogP contribution >= 0.6 is 0 Å². The third kappa shape index (κ3) is 7.12. The van der Waals surface area contributed by atoms with Gasteiger partial charge in [-0.05, 0) is 43.9 Å². The number of carbonyl (C=O) groups excluding carboxylic acids is 1. The normalized spacial score (nSPS) is 20.5. The molecule has 0 aromatic heterocycles. The minimum absolute atomic E-state index is 0.243.